The van der Waals surface area contributed by atoms with Crippen molar-refractivity contribution < 1.29 is 14.7 Å². The Hall–Kier alpha value is -1.41. The van der Waals surface area contributed by atoms with Crippen LogP contribution >= 0.6 is 0 Å². The van der Waals surface area contributed by atoms with Gasteiger partial charge in [-0.3, -0.25) is 0 Å². The van der Waals surface area contributed by atoms with Crippen molar-refractivity contribution in [2.75, 3.05) is 6.54 Å². The Morgan fingerprint density at radius 3 is 2.67 bits per heavy atom. The maximum absolute atomic E-state index is 9.92. The highest BCUT2D eigenvalue weighted by Crippen LogP contribution is 1.87. The lowest BCUT2D eigenvalue weighted by Crippen LogP contribution is -2.01. The summed E-state index contributed by atoms with van der Waals surface area (Å²) in [5, 5.41) is 8.12. The van der Waals surface area contributed by atoms with Crippen LogP contribution in [-0.2, 0) is 9.59 Å². The second kappa shape index (κ2) is 3.57. The molecular weight excluding hydrogens is 122 g/mol. The van der Waals surface area contributed by atoms with Crippen LogP contribution in [0.2, 0.25) is 0 Å². The Bertz CT molecular complexity index is 179. The summed E-state index contributed by atoms with van der Waals surface area (Å²) in [6.07, 6.45) is 1.20. The lowest BCUT2D eigenvalue weighted by atomic mass is 10.3. The molecule has 0 radical (unpaired) electrons. The fourth-order valence-electron chi connectivity index (χ4n) is 0.195. The molecule has 0 rings (SSSR count). The highest BCUT2D eigenvalue weighted by Gasteiger charge is 1.99. The lowest BCUT2D eigenvalue weighted by molar-refractivity contribution is -0.132. The molecule has 0 aliphatic heterocycles. The van der Waals surface area contributed by atoms with Crippen LogP contribution in [0.15, 0.2) is 17.1 Å². The third-order valence-electron chi connectivity index (χ3n) is 0.637. The summed E-state index contributed by atoms with van der Waals surface area (Å²) in [5.41, 5.74) is -0.113. The van der Waals surface area contributed by atoms with E-state index in [9.17, 15) is 9.59 Å². The van der Waals surface area contributed by atoms with Gasteiger partial charge in [-0.1, -0.05) is 6.58 Å². The van der Waals surface area contributed by atoms with Gasteiger partial charge in [-0.05, 0) is 0 Å². The number of nitrogens with zero attached hydrogens (tertiary/aromatic N) is 1. The van der Waals surface area contributed by atoms with Gasteiger partial charge in [0.1, 0.15) is 0 Å². The lowest BCUT2D eigenvalue weighted by Gasteiger charge is -1.87. The molecule has 0 fully saturated rings. The summed E-state index contributed by atoms with van der Waals surface area (Å²) >= 11 is 0. The Morgan fingerprint density at radius 2 is 2.33 bits per heavy atom. The highest BCUT2D eigenvalue weighted by atomic mass is 16.4. The van der Waals surface area contributed by atoms with E-state index in [1.807, 2.05) is 0 Å². The van der Waals surface area contributed by atoms with Crippen molar-refractivity contribution in [1.82, 2.24) is 0 Å². The van der Waals surface area contributed by atoms with Crippen LogP contribution in [0.5, 0.6) is 0 Å². The number of rotatable bonds is 3. The molecule has 48 valence electrons. The van der Waals surface area contributed by atoms with Crippen molar-refractivity contribution in [2.24, 2.45) is 4.99 Å². The third-order valence-corrected chi connectivity index (χ3v) is 0.637. The number of carbonyl (C=O) groups excluding carboxylic acids is 1. The average molecular weight is 127 g/mol. The van der Waals surface area contributed by atoms with E-state index in [0.29, 0.717) is 0 Å². The fourth-order valence-corrected chi connectivity index (χ4v) is 0.195. The number of isocyanates is 1. The Kier molecular flexibility index (Phi) is 3.01. The molecule has 4 heteroatoms. The summed E-state index contributed by atoms with van der Waals surface area (Å²) < 4.78 is 0. The SMILES string of the molecule is C=C(CN=C=O)C(=O)O. The van der Waals surface area contributed by atoms with Gasteiger partial charge in [0.25, 0.3) is 0 Å². The van der Waals surface area contributed by atoms with Crippen molar-refractivity contribution in [3.05, 3.63) is 12.2 Å². The largest absolute Gasteiger partial charge is 0.478 e. The molecule has 0 aromatic heterocycles. The number of aliphatic carboxylic acids is 1. The van der Waals surface area contributed by atoms with Gasteiger partial charge in [0.15, 0.2) is 0 Å². The van der Waals surface area contributed by atoms with Gasteiger partial charge in [-0.2, -0.15) is 0 Å². The molecule has 0 spiro atoms. The molecule has 0 heterocycles. The van der Waals surface area contributed by atoms with Gasteiger partial charge in [-0.15, -0.1) is 0 Å². The highest BCUT2D eigenvalue weighted by molar-refractivity contribution is 5.86. The zero-order valence-electron chi connectivity index (χ0n) is 4.63. The number of aliphatic imine (C=N–C) groups is 1. The summed E-state index contributed by atoms with van der Waals surface area (Å²) in [6, 6.07) is 0. The molecule has 0 bridgehead atoms. The fraction of sp³-hybridized carbons (Fsp3) is 0.200. The monoisotopic (exact) mass is 127 g/mol. The zero-order chi connectivity index (χ0) is 7.28. The van der Waals surface area contributed by atoms with Crippen LogP contribution in [0.25, 0.3) is 0 Å². The standard InChI is InChI=1S/C5H5NO3/c1-4(5(8)9)2-6-3-7/h1-2H2,(H,8,9). The second-order valence-electron chi connectivity index (χ2n) is 1.32. The molecule has 0 aromatic rings. The Labute approximate surface area is 51.5 Å². The second-order valence-corrected chi connectivity index (χ2v) is 1.32. The molecule has 0 amide bonds. The van der Waals surface area contributed by atoms with Gasteiger partial charge >= 0.3 is 5.97 Å². The molecule has 0 saturated heterocycles. The van der Waals surface area contributed by atoms with Gasteiger partial charge < -0.3 is 5.11 Å². The van der Waals surface area contributed by atoms with Crippen molar-refractivity contribution >= 4 is 12.0 Å². The van der Waals surface area contributed by atoms with E-state index in [0.717, 1.165) is 0 Å². The van der Waals surface area contributed by atoms with Gasteiger partial charge in [0.2, 0.25) is 6.08 Å². The first kappa shape index (κ1) is 7.59. The molecule has 0 saturated carbocycles. The van der Waals surface area contributed by atoms with Crippen LogP contribution in [0.4, 0.5) is 0 Å². The number of hydrogen-bond donors (Lipinski definition) is 1. The van der Waals surface area contributed by atoms with E-state index in [2.05, 4.69) is 11.6 Å². The minimum atomic E-state index is -1.14. The van der Waals surface area contributed by atoms with Crippen molar-refractivity contribution in [2.45, 2.75) is 0 Å². The molecule has 9 heavy (non-hydrogen) atoms. The minimum Gasteiger partial charge on any atom is -0.478 e. The van der Waals surface area contributed by atoms with E-state index in [4.69, 9.17) is 5.11 Å². The molecule has 1 N–H and O–H groups in total. The van der Waals surface area contributed by atoms with Gasteiger partial charge in [0.05, 0.1) is 12.1 Å². The normalized spacial score (nSPS) is 7.56. The van der Waals surface area contributed by atoms with Crippen molar-refractivity contribution in [1.29, 1.82) is 0 Å². The molecule has 0 aliphatic rings. The van der Waals surface area contributed by atoms with Crippen LogP contribution in [-0.4, -0.2) is 23.7 Å². The topological polar surface area (TPSA) is 66.7 Å². The number of hydrogen-bond acceptors (Lipinski definition) is 3. The van der Waals surface area contributed by atoms with E-state index < -0.39 is 5.97 Å². The van der Waals surface area contributed by atoms with E-state index in [1.165, 1.54) is 6.08 Å². The number of carboxylic acids is 1. The van der Waals surface area contributed by atoms with Crippen molar-refractivity contribution in [3.63, 3.8) is 0 Å². The van der Waals surface area contributed by atoms with Gasteiger partial charge in [-0.25, -0.2) is 14.6 Å². The predicted octanol–water partition coefficient (Wildman–Crippen LogP) is -0.0370. The van der Waals surface area contributed by atoms with Gasteiger partial charge in [0, 0.05) is 0 Å². The summed E-state index contributed by atoms with van der Waals surface area (Å²) in [5.74, 6) is -1.14. The first-order valence-corrected chi connectivity index (χ1v) is 2.13. The Balaban J connectivity index is 3.78. The predicted molar refractivity (Wildman–Crippen MR) is 29.8 cm³/mol. The quantitative estimate of drug-likeness (QED) is 0.328. The van der Waals surface area contributed by atoms with E-state index in [1.54, 1.807) is 0 Å². The van der Waals surface area contributed by atoms with Crippen molar-refractivity contribution in [3.8, 4) is 0 Å². The molecule has 0 unspecified atom stereocenters. The summed E-state index contributed by atoms with van der Waals surface area (Å²) in [6.45, 7) is 2.94. The third kappa shape index (κ3) is 3.20. The maximum atomic E-state index is 9.92. The smallest absolute Gasteiger partial charge is 0.332 e. The van der Waals surface area contributed by atoms with Crippen LogP contribution < -0.4 is 0 Å². The molecule has 4 nitrogen and oxygen atoms in total. The van der Waals surface area contributed by atoms with Crippen LogP contribution in [0.1, 0.15) is 0 Å². The molecule has 0 aromatic carbocycles. The first-order chi connectivity index (χ1) is 4.18. The molecular formula is C5H5NO3. The van der Waals surface area contributed by atoms with Crippen LogP contribution in [0.3, 0.4) is 0 Å². The number of carboxylic acid groups (broad SMARTS) is 1. The first-order valence-electron chi connectivity index (χ1n) is 2.13. The summed E-state index contributed by atoms with van der Waals surface area (Å²) in [4.78, 5) is 22.3. The maximum Gasteiger partial charge on any atom is 0.332 e. The van der Waals surface area contributed by atoms with E-state index >= 15 is 0 Å². The Morgan fingerprint density at radius 1 is 1.78 bits per heavy atom. The van der Waals surface area contributed by atoms with E-state index in [-0.39, 0.29) is 12.1 Å². The average Bonchev–Trinajstić information content (AvgIpc) is 1.82. The van der Waals surface area contributed by atoms with Crippen LogP contribution in [0, 0.1) is 0 Å². The summed E-state index contributed by atoms with van der Waals surface area (Å²) in [7, 11) is 0. The minimum absolute atomic E-state index is 0.113. The molecule has 0 aliphatic carbocycles. The molecule has 0 atom stereocenters. The number of carbonyl (C=O) groups is 1. The zero-order valence-corrected chi connectivity index (χ0v) is 4.63.